The van der Waals surface area contributed by atoms with Gasteiger partial charge < -0.3 is 4.74 Å². The van der Waals surface area contributed by atoms with Crippen LogP contribution in [0.15, 0.2) is 36.4 Å². The topological polar surface area (TPSA) is 98.5 Å². The van der Waals surface area contributed by atoms with Crippen molar-refractivity contribution in [3.63, 3.8) is 0 Å². The lowest BCUT2D eigenvalue weighted by atomic mass is 10.2. The van der Waals surface area contributed by atoms with Crippen LogP contribution in [0.4, 0.5) is 4.39 Å². The second-order valence-electron chi connectivity index (χ2n) is 5.96. The Hall–Kier alpha value is -2.59. The van der Waals surface area contributed by atoms with E-state index in [1.807, 2.05) is 0 Å². The van der Waals surface area contributed by atoms with E-state index in [4.69, 9.17) is 4.74 Å². The van der Waals surface area contributed by atoms with Crippen LogP contribution in [0.5, 0.6) is 5.88 Å². The molecule has 4 rings (SSSR count). The first-order valence-electron chi connectivity index (χ1n) is 8.13. The first kappa shape index (κ1) is 16.9. The molecule has 8 nitrogen and oxygen atoms in total. The summed E-state index contributed by atoms with van der Waals surface area (Å²) in [5, 5.41) is 12.2. The summed E-state index contributed by atoms with van der Waals surface area (Å²) in [6.45, 7) is 0.323. The summed E-state index contributed by atoms with van der Waals surface area (Å²) in [6, 6.07) is 9.18. The Morgan fingerprint density at radius 2 is 1.92 bits per heavy atom. The molecule has 0 amide bonds. The fourth-order valence-corrected chi connectivity index (χ4v) is 3.82. The van der Waals surface area contributed by atoms with Gasteiger partial charge in [0.05, 0.1) is 5.25 Å². The molecule has 136 valence electrons. The van der Waals surface area contributed by atoms with Gasteiger partial charge in [-0.05, 0) is 43.2 Å². The number of sulfonamides is 1. The number of hydrogen-bond acceptors (Lipinski definition) is 6. The molecule has 26 heavy (non-hydrogen) atoms. The highest BCUT2D eigenvalue weighted by molar-refractivity contribution is 7.90. The van der Waals surface area contributed by atoms with E-state index in [2.05, 4.69) is 20.0 Å². The molecule has 0 saturated heterocycles. The number of hydrogen-bond donors (Lipinski definition) is 1. The molecular weight excluding hydrogens is 361 g/mol. The molecule has 1 N–H and O–H groups in total. The van der Waals surface area contributed by atoms with Crippen LogP contribution in [-0.2, 0) is 10.0 Å². The zero-order valence-electron chi connectivity index (χ0n) is 13.7. The first-order valence-corrected chi connectivity index (χ1v) is 9.67. The molecule has 0 unspecified atom stereocenters. The Kier molecular flexibility index (Phi) is 4.29. The molecular formula is C16H16FN5O3S. The standard InChI is InChI=1S/C16H16FN5O3S/c17-12-3-1-11(2-4-12)16-20-19-14-7-8-15(21-22(14)16)25-10-9-18-26(23,24)13-5-6-13/h1-4,7-8,13,18H,5-6,9-10H2. The molecule has 1 aliphatic carbocycles. The number of rotatable bonds is 7. The van der Waals surface area contributed by atoms with Crippen LogP contribution in [0.1, 0.15) is 12.8 Å². The van der Waals surface area contributed by atoms with Gasteiger partial charge in [0.1, 0.15) is 12.4 Å². The maximum atomic E-state index is 13.1. The third-order valence-corrected chi connectivity index (χ3v) is 5.91. The van der Waals surface area contributed by atoms with Gasteiger partial charge in [-0.25, -0.2) is 17.5 Å². The van der Waals surface area contributed by atoms with E-state index in [9.17, 15) is 12.8 Å². The van der Waals surface area contributed by atoms with Crippen LogP contribution in [0.3, 0.4) is 0 Å². The largest absolute Gasteiger partial charge is 0.475 e. The minimum Gasteiger partial charge on any atom is -0.475 e. The summed E-state index contributed by atoms with van der Waals surface area (Å²) in [5.74, 6) is 0.430. The van der Waals surface area contributed by atoms with Gasteiger partial charge >= 0.3 is 0 Å². The van der Waals surface area contributed by atoms with Gasteiger partial charge in [0, 0.05) is 18.2 Å². The highest BCUT2D eigenvalue weighted by atomic mass is 32.2. The number of aromatic nitrogens is 4. The average molecular weight is 377 g/mol. The van der Waals surface area contributed by atoms with Gasteiger partial charge in [-0.15, -0.1) is 15.3 Å². The number of benzene rings is 1. The normalized spacial score (nSPS) is 14.7. The third-order valence-electron chi connectivity index (χ3n) is 3.96. The average Bonchev–Trinajstić information content (AvgIpc) is 3.41. The van der Waals surface area contributed by atoms with E-state index in [1.54, 1.807) is 24.3 Å². The van der Waals surface area contributed by atoms with Crippen LogP contribution in [0, 0.1) is 5.82 Å². The van der Waals surface area contributed by atoms with E-state index < -0.39 is 10.0 Å². The van der Waals surface area contributed by atoms with Crippen molar-refractivity contribution in [1.29, 1.82) is 0 Å². The highest BCUT2D eigenvalue weighted by Gasteiger charge is 2.35. The van der Waals surface area contributed by atoms with Gasteiger partial charge in [0.2, 0.25) is 15.9 Å². The number of nitrogens with one attached hydrogen (secondary N) is 1. The summed E-state index contributed by atoms with van der Waals surface area (Å²) in [7, 11) is -3.22. The van der Waals surface area contributed by atoms with Gasteiger partial charge in [0.25, 0.3) is 0 Å². The Balaban J connectivity index is 1.46. The summed E-state index contributed by atoms with van der Waals surface area (Å²) in [4.78, 5) is 0. The minimum atomic E-state index is -3.22. The SMILES string of the molecule is O=S(=O)(NCCOc1ccc2nnc(-c3ccc(F)cc3)n2n1)C1CC1. The molecule has 0 aliphatic heterocycles. The minimum absolute atomic E-state index is 0.151. The van der Waals surface area contributed by atoms with E-state index >= 15 is 0 Å². The number of nitrogens with zero attached hydrogens (tertiary/aromatic N) is 4. The van der Waals surface area contributed by atoms with Crippen molar-refractivity contribution in [2.75, 3.05) is 13.2 Å². The highest BCUT2D eigenvalue weighted by Crippen LogP contribution is 2.27. The molecule has 0 radical (unpaired) electrons. The van der Waals surface area contributed by atoms with Crippen molar-refractivity contribution in [1.82, 2.24) is 24.5 Å². The van der Waals surface area contributed by atoms with Crippen LogP contribution in [-0.4, -0.2) is 46.6 Å². The monoisotopic (exact) mass is 377 g/mol. The van der Waals surface area contributed by atoms with Gasteiger partial charge in [0.15, 0.2) is 11.5 Å². The Morgan fingerprint density at radius 1 is 1.15 bits per heavy atom. The second-order valence-corrected chi connectivity index (χ2v) is 8.00. The summed E-state index contributed by atoms with van der Waals surface area (Å²) in [6.07, 6.45) is 1.43. The molecule has 2 aromatic heterocycles. The van der Waals surface area contributed by atoms with Crippen molar-refractivity contribution in [3.05, 3.63) is 42.2 Å². The van der Waals surface area contributed by atoms with Crippen molar-refractivity contribution in [3.8, 4) is 17.3 Å². The van der Waals surface area contributed by atoms with Crippen molar-refractivity contribution in [2.45, 2.75) is 18.1 Å². The van der Waals surface area contributed by atoms with Gasteiger partial charge in [-0.3, -0.25) is 0 Å². The molecule has 0 bridgehead atoms. The smallest absolute Gasteiger partial charge is 0.231 e. The van der Waals surface area contributed by atoms with Crippen molar-refractivity contribution in [2.24, 2.45) is 0 Å². The second kappa shape index (κ2) is 6.61. The predicted molar refractivity (Wildman–Crippen MR) is 91.6 cm³/mol. The molecule has 1 saturated carbocycles. The van der Waals surface area contributed by atoms with E-state index in [0.717, 1.165) is 0 Å². The molecule has 1 aromatic carbocycles. The zero-order valence-corrected chi connectivity index (χ0v) is 14.5. The molecule has 10 heteroatoms. The number of fused-ring (bicyclic) bond motifs is 1. The zero-order chi connectivity index (χ0) is 18.1. The Labute approximate surface area is 149 Å². The fourth-order valence-electron chi connectivity index (χ4n) is 2.46. The summed E-state index contributed by atoms with van der Waals surface area (Å²) >= 11 is 0. The molecule has 1 aliphatic rings. The summed E-state index contributed by atoms with van der Waals surface area (Å²) < 4.78 is 46.1. The van der Waals surface area contributed by atoms with Crippen LogP contribution in [0.25, 0.3) is 17.0 Å². The van der Waals surface area contributed by atoms with Crippen LogP contribution in [0.2, 0.25) is 0 Å². The summed E-state index contributed by atoms with van der Waals surface area (Å²) in [5.41, 5.74) is 1.19. The third kappa shape index (κ3) is 3.51. The first-order chi connectivity index (χ1) is 12.5. The van der Waals surface area contributed by atoms with Crippen LogP contribution < -0.4 is 9.46 Å². The number of halogens is 1. The van der Waals surface area contributed by atoms with Crippen molar-refractivity contribution >= 4 is 15.7 Å². The van der Waals surface area contributed by atoms with Gasteiger partial charge in [-0.2, -0.15) is 4.52 Å². The number of ether oxygens (including phenoxy) is 1. The Morgan fingerprint density at radius 3 is 2.65 bits per heavy atom. The molecule has 0 spiro atoms. The van der Waals surface area contributed by atoms with Gasteiger partial charge in [-0.1, -0.05) is 0 Å². The Bertz CT molecular complexity index is 1030. The maximum absolute atomic E-state index is 13.1. The van der Waals surface area contributed by atoms with E-state index in [-0.39, 0.29) is 24.2 Å². The van der Waals surface area contributed by atoms with Crippen molar-refractivity contribution < 1.29 is 17.5 Å². The van der Waals surface area contributed by atoms with E-state index in [1.165, 1.54) is 16.6 Å². The lowest BCUT2D eigenvalue weighted by molar-refractivity contribution is 0.306. The maximum Gasteiger partial charge on any atom is 0.231 e. The fraction of sp³-hybridized carbons (Fsp3) is 0.312. The molecule has 3 aromatic rings. The molecule has 2 heterocycles. The van der Waals surface area contributed by atoms with Crippen LogP contribution >= 0.6 is 0 Å². The lowest BCUT2D eigenvalue weighted by Gasteiger charge is -2.07. The molecule has 1 fully saturated rings. The predicted octanol–water partition coefficient (Wildman–Crippen LogP) is 1.39. The quantitative estimate of drug-likeness (QED) is 0.625. The van der Waals surface area contributed by atoms with E-state index in [0.29, 0.717) is 35.8 Å². The molecule has 0 atom stereocenters. The lowest BCUT2D eigenvalue weighted by Crippen LogP contribution is -2.31.